The largest absolute Gasteiger partial charge is 0.481 e. The van der Waals surface area contributed by atoms with Crippen LogP contribution in [-0.4, -0.2) is 22.7 Å². The molecule has 1 unspecified atom stereocenters. The SMILES string of the molecule is C/C=C/c1c(F)ccc2c3c([nH]c12)C(CC)(CC(=O)O)OCC3. The van der Waals surface area contributed by atoms with E-state index in [4.69, 9.17) is 4.74 Å². The average molecular weight is 317 g/mol. The van der Waals surface area contributed by atoms with Gasteiger partial charge in [-0.3, -0.25) is 4.79 Å². The topological polar surface area (TPSA) is 62.3 Å². The Labute approximate surface area is 134 Å². The second-order valence-electron chi connectivity index (χ2n) is 5.88. The highest BCUT2D eigenvalue weighted by Gasteiger charge is 2.41. The zero-order valence-corrected chi connectivity index (χ0v) is 13.3. The average Bonchev–Trinajstić information content (AvgIpc) is 2.90. The number of aromatic nitrogens is 1. The van der Waals surface area contributed by atoms with Gasteiger partial charge in [-0.25, -0.2) is 4.39 Å². The van der Waals surface area contributed by atoms with Gasteiger partial charge >= 0.3 is 5.97 Å². The lowest BCUT2D eigenvalue weighted by atomic mass is 9.86. The number of fused-ring (bicyclic) bond motifs is 3. The Kier molecular flexibility index (Phi) is 3.98. The molecule has 0 radical (unpaired) electrons. The summed E-state index contributed by atoms with van der Waals surface area (Å²) in [6.07, 6.45) is 4.65. The van der Waals surface area contributed by atoms with Gasteiger partial charge < -0.3 is 14.8 Å². The van der Waals surface area contributed by atoms with Crippen LogP contribution >= 0.6 is 0 Å². The lowest BCUT2D eigenvalue weighted by molar-refractivity contribution is -0.148. The highest BCUT2D eigenvalue weighted by atomic mass is 19.1. The van der Waals surface area contributed by atoms with Crippen molar-refractivity contribution in [1.82, 2.24) is 4.98 Å². The van der Waals surface area contributed by atoms with Gasteiger partial charge in [0.2, 0.25) is 0 Å². The number of allylic oxidation sites excluding steroid dienone is 1. The molecule has 1 aromatic heterocycles. The Morgan fingerprint density at radius 3 is 2.96 bits per heavy atom. The van der Waals surface area contributed by atoms with E-state index in [1.165, 1.54) is 6.07 Å². The molecule has 1 aliphatic heterocycles. The monoisotopic (exact) mass is 317 g/mol. The van der Waals surface area contributed by atoms with E-state index >= 15 is 0 Å². The minimum absolute atomic E-state index is 0.106. The predicted octanol–water partition coefficient (Wildman–Crippen LogP) is 3.99. The van der Waals surface area contributed by atoms with Crippen molar-refractivity contribution >= 4 is 22.9 Å². The van der Waals surface area contributed by atoms with E-state index in [1.54, 1.807) is 18.2 Å². The Balaban J connectivity index is 2.28. The molecule has 0 bridgehead atoms. The molecular weight excluding hydrogens is 297 g/mol. The molecule has 0 aliphatic carbocycles. The number of hydrogen-bond acceptors (Lipinski definition) is 2. The van der Waals surface area contributed by atoms with Gasteiger partial charge in [0.05, 0.1) is 24.2 Å². The molecule has 23 heavy (non-hydrogen) atoms. The van der Waals surface area contributed by atoms with Crippen LogP contribution in [0.5, 0.6) is 0 Å². The number of ether oxygens (including phenoxy) is 1. The van der Waals surface area contributed by atoms with Crippen molar-refractivity contribution in [3.8, 4) is 0 Å². The van der Waals surface area contributed by atoms with Crippen LogP contribution in [-0.2, 0) is 21.6 Å². The van der Waals surface area contributed by atoms with Crippen LogP contribution < -0.4 is 0 Å². The molecule has 1 aromatic carbocycles. The van der Waals surface area contributed by atoms with Gasteiger partial charge in [0.1, 0.15) is 11.4 Å². The molecule has 0 amide bonds. The molecule has 122 valence electrons. The first-order chi connectivity index (χ1) is 11.0. The quantitative estimate of drug-likeness (QED) is 0.896. The molecule has 0 saturated carbocycles. The Morgan fingerprint density at radius 2 is 2.30 bits per heavy atom. The summed E-state index contributed by atoms with van der Waals surface area (Å²) in [5.74, 6) is -1.20. The molecule has 1 aliphatic rings. The molecule has 1 atom stereocenters. The second-order valence-corrected chi connectivity index (χ2v) is 5.88. The number of hydrogen-bond donors (Lipinski definition) is 2. The van der Waals surface area contributed by atoms with E-state index in [0.29, 0.717) is 30.5 Å². The van der Waals surface area contributed by atoms with Crippen LogP contribution in [0.1, 0.15) is 43.5 Å². The van der Waals surface area contributed by atoms with Crippen LogP contribution in [0.3, 0.4) is 0 Å². The number of H-pyrrole nitrogens is 1. The highest BCUT2D eigenvalue weighted by molar-refractivity contribution is 5.92. The molecular formula is C18H20FNO3. The summed E-state index contributed by atoms with van der Waals surface area (Å²) in [7, 11) is 0. The minimum Gasteiger partial charge on any atom is -0.481 e. The molecule has 0 spiro atoms. The molecule has 2 aromatic rings. The molecule has 3 rings (SSSR count). The number of benzene rings is 1. The van der Waals surface area contributed by atoms with Gasteiger partial charge in [-0.15, -0.1) is 0 Å². The fourth-order valence-corrected chi connectivity index (χ4v) is 3.50. The maximum atomic E-state index is 14.2. The third-order valence-corrected chi connectivity index (χ3v) is 4.60. The van der Waals surface area contributed by atoms with Gasteiger partial charge in [-0.2, -0.15) is 0 Å². The molecule has 2 heterocycles. The van der Waals surface area contributed by atoms with Crippen molar-refractivity contribution in [2.45, 2.75) is 38.7 Å². The van der Waals surface area contributed by atoms with Gasteiger partial charge in [-0.1, -0.05) is 19.1 Å². The van der Waals surface area contributed by atoms with Crippen molar-refractivity contribution in [1.29, 1.82) is 0 Å². The number of carboxylic acid groups (broad SMARTS) is 1. The summed E-state index contributed by atoms with van der Waals surface area (Å²) in [6, 6.07) is 3.23. The van der Waals surface area contributed by atoms with Crippen molar-refractivity contribution in [2.24, 2.45) is 0 Å². The molecule has 0 saturated heterocycles. The maximum absolute atomic E-state index is 14.2. The first kappa shape index (κ1) is 15.7. The number of aliphatic carboxylic acids is 1. The number of aromatic amines is 1. The summed E-state index contributed by atoms with van der Waals surface area (Å²) in [5, 5.41) is 10.2. The van der Waals surface area contributed by atoms with E-state index in [1.807, 2.05) is 13.8 Å². The normalized spacial score (nSPS) is 21.0. The standard InChI is InChI=1S/C18H20FNO3/c1-3-5-13-14(19)7-6-11-12-8-9-23-18(4-2,10-15(21)22)17(12)20-16(11)13/h3,5-7,20H,4,8-10H2,1-2H3,(H,21,22)/b5-3+. The second kappa shape index (κ2) is 5.81. The Morgan fingerprint density at radius 1 is 1.52 bits per heavy atom. The fourth-order valence-electron chi connectivity index (χ4n) is 3.50. The van der Waals surface area contributed by atoms with E-state index in [2.05, 4.69) is 4.98 Å². The Bertz CT molecular complexity index is 793. The molecule has 5 heteroatoms. The number of carboxylic acids is 1. The predicted molar refractivity (Wildman–Crippen MR) is 86.8 cm³/mol. The number of carbonyl (C=O) groups is 1. The highest BCUT2D eigenvalue weighted by Crippen LogP contribution is 2.42. The lowest BCUT2D eigenvalue weighted by Gasteiger charge is -2.35. The minimum atomic E-state index is -0.904. The van der Waals surface area contributed by atoms with Gasteiger partial charge in [-0.05, 0) is 37.5 Å². The van der Waals surface area contributed by atoms with Gasteiger partial charge in [0, 0.05) is 10.9 Å². The first-order valence-electron chi connectivity index (χ1n) is 7.84. The van der Waals surface area contributed by atoms with Crippen LogP contribution in [0, 0.1) is 5.82 Å². The van der Waals surface area contributed by atoms with E-state index in [9.17, 15) is 14.3 Å². The van der Waals surface area contributed by atoms with E-state index in [0.717, 1.165) is 16.6 Å². The van der Waals surface area contributed by atoms with Gasteiger partial charge in [0.15, 0.2) is 0 Å². The first-order valence-corrected chi connectivity index (χ1v) is 7.84. The van der Waals surface area contributed by atoms with Crippen molar-refractivity contribution in [3.05, 3.63) is 40.8 Å². The van der Waals surface area contributed by atoms with Crippen LogP contribution in [0.25, 0.3) is 17.0 Å². The number of halogens is 1. The Hall–Kier alpha value is -2.14. The lowest BCUT2D eigenvalue weighted by Crippen LogP contribution is -2.37. The van der Waals surface area contributed by atoms with Crippen LogP contribution in [0.15, 0.2) is 18.2 Å². The van der Waals surface area contributed by atoms with Crippen LogP contribution in [0.4, 0.5) is 4.39 Å². The summed E-state index contributed by atoms with van der Waals surface area (Å²) in [4.78, 5) is 14.6. The maximum Gasteiger partial charge on any atom is 0.306 e. The van der Waals surface area contributed by atoms with Crippen molar-refractivity contribution < 1.29 is 19.0 Å². The summed E-state index contributed by atoms with van der Waals surface area (Å²) < 4.78 is 20.0. The summed E-state index contributed by atoms with van der Waals surface area (Å²) in [5.41, 5.74) is 2.16. The van der Waals surface area contributed by atoms with Crippen LogP contribution in [0.2, 0.25) is 0 Å². The number of nitrogens with one attached hydrogen (secondary N) is 1. The van der Waals surface area contributed by atoms with Crippen molar-refractivity contribution in [2.75, 3.05) is 6.61 Å². The summed E-state index contributed by atoms with van der Waals surface area (Å²) >= 11 is 0. The van der Waals surface area contributed by atoms with Crippen molar-refractivity contribution in [3.63, 3.8) is 0 Å². The molecule has 2 N–H and O–H groups in total. The fraction of sp³-hybridized carbons (Fsp3) is 0.389. The van der Waals surface area contributed by atoms with Gasteiger partial charge in [0.25, 0.3) is 0 Å². The molecule has 4 nitrogen and oxygen atoms in total. The molecule has 0 fully saturated rings. The zero-order chi connectivity index (χ0) is 16.6. The third-order valence-electron chi connectivity index (χ3n) is 4.60. The zero-order valence-electron chi connectivity index (χ0n) is 13.3. The third kappa shape index (κ3) is 2.45. The smallest absolute Gasteiger partial charge is 0.306 e. The van der Waals surface area contributed by atoms with E-state index < -0.39 is 11.6 Å². The van der Waals surface area contributed by atoms with E-state index in [-0.39, 0.29) is 12.2 Å². The summed E-state index contributed by atoms with van der Waals surface area (Å²) in [6.45, 7) is 4.22. The number of rotatable bonds is 4.